The van der Waals surface area contributed by atoms with Crippen molar-refractivity contribution in [3.63, 3.8) is 0 Å². The van der Waals surface area contributed by atoms with Crippen LogP contribution in [0.4, 0.5) is 15.3 Å². The van der Waals surface area contributed by atoms with E-state index in [9.17, 15) is 24.3 Å². The van der Waals surface area contributed by atoms with Crippen molar-refractivity contribution < 1.29 is 52.7 Å². The number of aromatic nitrogens is 3. The van der Waals surface area contributed by atoms with Crippen molar-refractivity contribution in [2.24, 2.45) is 17.8 Å². The van der Waals surface area contributed by atoms with Gasteiger partial charge in [-0.25, -0.2) is 9.59 Å². The highest BCUT2D eigenvalue weighted by molar-refractivity contribution is 6.00. The van der Waals surface area contributed by atoms with E-state index in [0.29, 0.717) is 63.1 Å². The highest BCUT2D eigenvalue weighted by atomic mass is 16.7. The van der Waals surface area contributed by atoms with Crippen molar-refractivity contribution in [1.82, 2.24) is 30.1 Å². The Labute approximate surface area is 396 Å². The number of likely N-dealkylation sites (tertiary alicyclic amines) is 1. The molecule has 2 amide bonds. The van der Waals surface area contributed by atoms with Crippen molar-refractivity contribution >= 4 is 29.6 Å². The van der Waals surface area contributed by atoms with Gasteiger partial charge >= 0.3 is 18.2 Å². The summed E-state index contributed by atoms with van der Waals surface area (Å²) < 4.78 is 38.7. The van der Waals surface area contributed by atoms with Crippen molar-refractivity contribution in [1.29, 1.82) is 0 Å². The maximum atomic E-state index is 14.5. The number of fused-ring (bicyclic) bond motifs is 1. The van der Waals surface area contributed by atoms with Crippen LogP contribution in [0, 0.1) is 17.8 Å². The number of hydrogen-bond acceptors (Lipinski definition) is 15. The number of aliphatic hydroxyl groups is 1. The van der Waals surface area contributed by atoms with Crippen LogP contribution in [0.5, 0.6) is 0 Å². The zero-order chi connectivity index (χ0) is 48.8. The zero-order valence-corrected chi connectivity index (χ0v) is 41.6. The van der Waals surface area contributed by atoms with Crippen molar-refractivity contribution in [3.05, 3.63) is 30.5 Å². The maximum absolute atomic E-state index is 14.5. The van der Waals surface area contributed by atoms with E-state index in [1.165, 1.54) is 0 Å². The second kappa shape index (κ2) is 22.5. The van der Waals surface area contributed by atoms with E-state index in [1.807, 2.05) is 52.1 Å². The summed E-state index contributed by atoms with van der Waals surface area (Å²) in [5.74, 6) is -3.15. The first-order valence-corrected chi connectivity index (χ1v) is 24.5. The molecule has 2 aromatic rings. The second-order valence-corrected chi connectivity index (χ2v) is 20.5. The smallest absolute Gasteiger partial charge is 0.412 e. The summed E-state index contributed by atoms with van der Waals surface area (Å²) in [7, 11) is 1.60. The number of nitrogens with zero attached hydrogens (tertiary/aromatic N) is 5. The molecule has 3 N–H and O–H groups in total. The topological polar surface area (TPSA) is 205 Å². The number of hydrogen-bond donors (Lipinski definition) is 3. The minimum absolute atomic E-state index is 0.0158. The largest absolute Gasteiger partial charge is 0.458 e. The number of aryl methyl sites for hydroxylation is 1. The molecule has 0 aliphatic carbocycles. The van der Waals surface area contributed by atoms with Gasteiger partial charge in [0, 0.05) is 49.5 Å². The van der Waals surface area contributed by atoms with Gasteiger partial charge in [0.05, 0.1) is 30.0 Å². The van der Waals surface area contributed by atoms with Crippen molar-refractivity contribution in [3.8, 4) is 11.3 Å². The maximum Gasteiger partial charge on any atom is 0.412 e. The standard InChI is InChI=1S/C49H77N7O11/c1-12-38-42-39(56(47(61)65-42)23-16-15-22-55-28-36(52-53-55)34-18-17-19-35(25-34)51-46(60)67-48(7,8)9)33(6)50-27-29(2)26-49(10,62-11)43(31(4)40(57)32(5)44(59)64-38)66-45-41(58)37(24-30(3)63-45)54-20-13-14-21-54/h17-19,25,28-33,37-39,41-43,45,50,58H,12-16,20-24,26-27H2,1-11H3,(H,51,60)/t29-,30-,31+,32-,33-,37?,38-,39-,41?,42-,43-,45+,49-/m1/s1. The molecule has 4 saturated heterocycles. The Morgan fingerprint density at radius 1 is 1.04 bits per heavy atom. The Balaban J connectivity index is 1.15. The minimum Gasteiger partial charge on any atom is -0.458 e. The summed E-state index contributed by atoms with van der Waals surface area (Å²) in [6.45, 7) is 21.8. The number of aliphatic hydroxyl groups excluding tert-OH is 1. The van der Waals surface area contributed by atoms with Gasteiger partial charge in [0.25, 0.3) is 0 Å². The average Bonchev–Trinajstić information content (AvgIpc) is 4.06. The van der Waals surface area contributed by atoms with Gasteiger partial charge in [0.1, 0.15) is 29.4 Å². The summed E-state index contributed by atoms with van der Waals surface area (Å²) in [4.78, 5) is 58.6. The molecule has 5 heterocycles. The molecule has 13 atom stereocenters. The van der Waals surface area contributed by atoms with Crippen LogP contribution in [0.3, 0.4) is 0 Å². The Morgan fingerprint density at radius 3 is 2.45 bits per heavy atom. The van der Waals surface area contributed by atoms with Gasteiger partial charge in [-0.05, 0) is 131 Å². The van der Waals surface area contributed by atoms with Gasteiger partial charge in [-0.2, -0.15) is 0 Å². The number of methoxy groups -OCH3 is 1. The molecule has 1 aromatic carbocycles. The summed E-state index contributed by atoms with van der Waals surface area (Å²) in [6, 6.07) is 6.36. The number of rotatable bonds is 12. The highest BCUT2D eigenvalue weighted by Gasteiger charge is 2.52. The molecule has 2 unspecified atom stereocenters. The molecule has 6 rings (SSSR count). The molecule has 18 nitrogen and oxygen atoms in total. The molecule has 0 saturated carbocycles. The van der Waals surface area contributed by atoms with E-state index >= 15 is 0 Å². The van der Waals surface area contributed by atoms with Gasteiger partial charge in [-0.1, -0.05) is 38.1 Å². The lowest BCUT2D eigenvalue weighted by Gasteiger charge is -2.47. The van der Waals surface area contributed by atoms with E-state index in [2.05, 4.69) is 32.8 Å². The predicted molar refractivity (Wildman–Crippen MR) is 250 cm³/mol. The molecule has 0 radical (unpaired) electrons. The molecule has 4 aliphatic rings. The van der Waals surface area contributed by atoms with E-state index in [1.54, 1.807) is 57.4 Å². The van der Waals surface area contributed by atoms with Crippen molar-refractivity contribution in [2.45, 2.75) is 187 Å². The lowest BCUT2D eigenvalue weighted by Crippen LogP contribution is -2.59. The SMILES string of the molecule is CC[C@H]1OC(=O)[C@H](C)C(=O)[C@H](C)[C@@H](O[C@@H]2O[C@H](C)CC(N3CCCC3)C2O)[C@](C)(OC)C[C@@H](C)CN[C@H](C)[C@@H]2[C@@H]1OC(=O)N2CCCCn1cc(-c2cccc(NC(=O)OC(C)(C)C)c2)nn1. The van der Waals surface area contributed by atoms with Crippen LogP contribution in [-0.2, 0) is 44.6 Å². The van der Waals surface area contributed by atoms with Crippen LogP contribution in [0.25, 0.3) is 11.3 Å². The van der Waals surface area contributed by atoms with Crippen LogP contribution < -0.4 is 10.6 Å². The van der Waals surface area contributed by atoms with Crippen LogP contribution in [-0.4, -0.2) is 153 Å². The number of nitrogens with one attached hydrogen (secondary N) is 2. The summed E-state index contributed by atoms with van der Waals surface area (Å²) >= 11 is 0. The molecular weight excluding hydrogens is 863 g/mol. The van der Waals surface area contributed by atoms with E-state index in [0.717, 1.165) is 31.5 Å². The third-order valence-electron chi connectivity index (χ3n) is 13.9. The van der Waals surface area contributed by atoms with E-state index in [-0.39, 0.29) is 29.9 Å². The number of esters is 1. The number of ether oxygens (including phenoxy) is 6. The number of carbonyl (C=O) groups excluding carboxylic acids is 4. The predicted octanol–water partition coefficient (Wildman–Crippen LogP) is 6.19. The van der Waals surface area contributed by atoms with Crippen LogP contribution in [0.1, 0.15) is 114 Å². The van der Waals surface area contributed by atoms with Crippen LogP contribution in [0.15, 0.2) is 30.5 Å². The fraction of sp³-hybridized carbons (Fsp3) is 0.755. The Kier molecular flexibility index (Phi) is 17.5. The van der Waals surface area contributed by atoms with Crippen LogP contribution >= 0.6 is 0 Å². The fourth-order valence-electron chi connectivity index (χ4n) is 10.3. The molecule has 374 valence electrons. The van der Waals surface area contributed by atoms with Gasteiger partial charge in [-0.3, -0.25) is 29.4 Å². The van der Waals surface area contributed by atoms with Gasteiger partial charge in [-0.15, -0.1) is 5.10 Å². The Morgan fingerprint density at radius 2 is 1.76 bits per heavy atom. The molecule has 67 heavy (non-hydrogen) atoms. The first-order chi connectivity index (χ1) is 31.7. The average molecular weight is 940 g/mol. The normalized spacial score (nSPS) is 33.9. The number of unbranched alkanes of at least 4 members (excludes halogenated alkanes) is 1. The number of carbonyl (C=O) groups is 4. The lowest BCUT2D eigenvalue weighted by atomic mass is 9.78. The van der Waals surface area contributed by atoms with Gasteiger partial charge in [0.15, 0.2) is 18.2 Å². The highest BCUT2D eigenvalue weighted by Crippen LogP contribution is 2.38. The molecule has 18 heteroatoms. The number of Topliss-reactive ketones (excluding diaryl/α,β-unsaturated/α-hetero) is 1. The number of cyclic esters (lactones) is 1. The molecular formula is C49H77N7O11. The summed E-state index contributed by atoms with van der Waals surface area (Å²) in [5.41, 5.74) is 0.315. The quantitative estimate of drug-likeness (QED) is 0.0939. The molecule has 0 bridgehead atoms. The molecule has 4 fully saturated rings. The second-order valence-electron chi connectivity index (χ2n) is 20.5. The number of anilines is 1. The lowest BCUT2D eigenvalue weighted by molar-refractivity contribution is -0.296. The van der Waals surface area contributed by atoms with Gasteiger partial charge in [0.2, 0.25) is 0 Å². The number of ketones is 1. The van der Waals surface area contributed by atoms with E-state index in [4.69, 9.17) is 28.4 Å². The summed E-state index contributed by atoms with van der Waals surface area (Å²) in [6.07, 6.45) is 1.06. The Hall–Kier alpha value is -4.20. The summed E-state index contributed by atoms with van der Waals surface area (Å²) in [5, 5.41) is 26.9. The van der Waals surface area contributed by atoms with Crippen LogP contribution in [0.2, 0.25) is 0 Å². The molecule has 1 aromatic heterocycles. The third-order valence-corrected chi connectivity index (χ3v) is 13.9. The Bertz CT molecular complexity index is 1990. The molecule has 0 spiro atoms. The number of benzene rings is 1. The number of amides is 2. The fourth-order valence-corrected chi connectivity index (χ4v) is 10.3. The first kappa shape index (κ1) is 52.2. The first-order valence-electron chi connectivity index (χ1n) is 24.5. The zero-order valence-electron chi connectivity index (χ0n) is 41.6. The third kappa shape index (κ3) is 12.9. The minimum atomic E-state index is -1.18. The molecule has 4 aliphatic heterocycles. The monoisotopic (exact) mass is 940 g/mol. The van der Waals surface area contributed by atoms with Gasteiger partial charge < -0.3 is 38.8 Å². The van der Waals surface area contributed by atoms with E-state index < -0.39 is 77.9 Å². The van der Waals surface area contributed by atoms with Crippen molar-refractivity contribution in [2.75, 3.05) is 38.6 Å².